The molecule has 4 nitrogen and oxygen atoms in total. The van der Waals surface area contributed by atoms with Crippen LogP contribution in [0.1, 0.15) is 0 Å². The minimum absolute atomic E-state index is 0.00573. The Labute approximate surface area is 100 Å². The van der Waals surface area contributed by atoms with Crippen LogP contribution in [0, 0.1) is 0 Å². The number of aliphatic carboxylic acids is 1. The molecule has 0 unspecified atom stereocenters. The van der Waals surface area contributed by atoms with Crippen LogP contribution in [0.2, 0.25) is 0 Å². The Morgan fingerprint density at radius 2 is 1.78 bits per heavy atom. The molecule has 0 spiro atoms. The van der Waals surface area contributed by atoms with Crippen LogP contribution in [0.25, 0.3) is 0 Å². The van der Waals surface area contributed by atoms with Gasteiger partial charge in [0, 0.05) is 6.08 Å². The zero-order valence-electron chi connectivity index (χ0n) is 8.98. The van der Waals surface area contributed by atoms with Crippen LogP contribution in [0.3, 0.4) is 0 Å². The van der Waals surface area contributed by atoms with Crippen molar-refractivity contribution in [1.29, 1.82) is 0 Å². The first-order valence-electron chi connectivity index (χ1n) is 4.75. The van der Waals surface area contributed by atoms with Crippen LogP contribution in [0.4, 0.5) is 13.2 Å². The Morgan fingerprint density at radius 1 is 1.22 bits per heavy atom. The Hall–Kier alpha value is -2.18. The molecule has 1 N–H and O–H groups in total. The Morgan fingerprint density at radius 3 is 2.28 bits per heavy atom. The van der Waals surface area contributed by atoms with Crippen molar-refractivity contribution in [3.8, 4) is 11.5 Å². The van der Waals surface area contributed by atoms with Gasteiger partial charge in [-0.1, -0.05) is 0 Å². The Kier molecular flexibility index (Phi) is 4.59. The van der Waals surface area contributed by atoms with Crippen molar-refractivity contribution >= 4 is 5.97 Å². The molecule has 1 aromatic rings. The summed E-state index contributed by atoms with van der Waals surface area (Å²) in [7, 11) is 0. The molecule has 0 amide bonds. The maximum atomic E-state index is 11.8. The first kappa shape index (κ1) is 13.9. The van der Waals surface area contributed by atoms with E-state index in [1.54, 1.807) is 0 Å². The zero-order chi connectivity index (χ0) is 13.6. The molecule has 0 aliphatic heterocycles. The van der Waals surface area contributed by atoms with E-state index in [1.807, 2.05) is 0 Å². The maximum Gasteiger partial charge on any atom is 0.573 e. The number of ether oxygens (including phenoxy) is 2. The summed E-state index contributed by atoms with van der Waals surface area (Å²) in [4.78, 5) is 10.1. The third kappa shape index (κ3) is 5.78. The standard InChI is InChI=1S/C11H9F3O4/c12-11(13,14)18-9-5-3-8(4-6-9)17-7-1-2-10(15)16/h1-6H,7H2,(H,15,16)/b2-1+. The molecule has 18 heavy (non-hydrogen) atoms. The molecule has 1 aromatic carbocycles. The van der Waals surface area contributed by atoms with E-state index in [0.717, 1.165) is 18.2 Å². The van der Waals surface area contributed by atoms with Crippen LogP contribution in [-0.2, 0) is 4.79 Å². The molecule has 0 fully saturated rings. The molecule has 0 heterocycles. The number of carboxylic acids is 1. The number of carboxylic acid groups (broad SMARTS) is 1. The van der Waals surface area contributed by atoms with Crippen LogP contribution in [0.15, 0.2) is 36.4 Å². The van der Waals surface area contributed by atoms with Gasteiger partial charge in [0.15, 0.2) is 0 Å². The van der Waals surface area contributed by atoms with Gasteiger partial charge >= 0.3 is 12.3 Å². The SMILES string of the molecule is O=C(O)/C=C/COc1ccc(OC(F)(F)F)cc1. The van der Waals surface area contributed by atoms with Crippen molar-refractivity contribution < 1.29 is 32.5 Å². The summed E-state index contributed by atoms with van der Waals surface area (Å²) in [6.45, 7) is 0.00573. The zero-order valence-corrected chi connectivity index (χ0v) is 8.98. The number of rotatable bonds is 5. The van der Waals surface area contributed by atoms with Gasteiger partial charge < -0.3 is 14.6 Å². The fourth-order valence-electron chi connectivity index (χ4n) is 1.03. The molecule has 0 radical (unpaired) electrons. The molecule has 0 aromatic heterocycles. The van der Waals surface area contributed by atoms with Crippen molar-refractivity contribution in [2.24, 2.45) is 0 Å². The number of hydrogen-bond donors (Lipinski definition) is 1. The number of alkyl halides is 3. The monoisotopic (exact) mass is 262 g/mol. The first-order valence-corrected chi connectivity index (χ1v) is 4.75. The molecule has 0 aliphatic carbocycles. The largest absolute Gasteiger partial charge is 0.573 e. The minimum Gasteiger partial charge on any atom is -0.490 e. The van der Waals surface area contributed by atoms with E-state index >= 15 is 0 Å². The Balaban J connectivity index is 2.48. The van der Waals surface area contributed by atoms with E-state index in [2.05, 4.69) is 4.74 Å². The number of hydrogen-bond acceptors (Lipinski definition) is 3. The van der Waals surface area contributed by atoms with Gasteiger partial charge in [0.25, 0.3) is 0 Å². The molecule has 0 atom stereocenters. The summed E-state index contributed by atoms with van der Waals surface area (Å²) in [5, 5.41) is 8.29. The Bertz CT molecular complexity index is 423. The average molecular weight is 262 g/mol. The fourth-order valence-corrected chi connectivity index (χ4v) is 1.03. The molecule has 0 aliphatic rings. The summed E-state index contributed by atoms with van der Waals surface area (Å²) in [5.41, 5.74) is 0. The second kappa shape index (κ2) is 5.95. The summed E-state index contributed by atoms with van der Waals surface area (Å²) >= 11 is 0. The molecule has 7 heteroatoms. The predicted molar refractivity (Wildman–Crippen MR) is 55.4 cm³/mol. The average Bonchev–Trinajstić information content (AvgIpc) is 2.24. The second-order valence-electron chi connectivity index (χ2n) is 3.07. The van der Waals surface area contributed by atoms with Crippen molar-refractivity contribution in [1.82, 2.24) is 0 Å². The highest BCUT2D eigenvalue weighted by Gasteiger charge is 2.30. The van der Waals surface area contributed by atoms with Crippen molar-refractivity contribution in [2.45, 2.75) is 6.36 Å². The van der Waals surface area contributed by atoms with E-state index in [-0.39, 0.29) is 12.4 Å². The lowest BCUT2D eigenvalue weighted by Gasteiger charge is -2.09. The quantitative estimate of drug-likeness (QED) is 0.829. The van der Waals surface area contributed by atoms with E-state index in [9.17, 15) is 18.0 Å². The van der Waals surface area contributed by atoms with E-state index in [1.165, 1.54) is 18.2 Å². The van der Waals surface area contributed by atoms with Gasteiger partial charge in [0.2, 0.25) is 0 Å². The van der Waals surface area contributed by atoms with Gasteiger partial charge in [-0.3, -0.25) is 0 Å². The third-order valence-corrected chi connectivity index (χ3v) is 1.66. The summed E-state index contributed by atoms with van der Waals surface area (Å²) in [5.74, 6) is -1.15. The van der Waals surface area contributed by atoms with E-state index in [0.29, 0.717) is 5.75 Å². The van der Waals surface area contributed by atoms with Gasteiger partial charge in [-0.05, 0) is 30.3 Å². The second-order valence-corrected chi connectivity index (χ2v) is 3.07. The number of benzene rings is 1. The highest BCUT2D eigenvalue weighted by Crippen LogP contribution is 2.24. The lowest BCUT2D eigenvalue weighted by molar-refractivity contribution is -0.274. The van der Waals surface area contributed by atoms with Gasteiger partial charge in [-0.2, -0.15) is 0 Å². The molecule has 1 rings (SSSR count). The topological polar surface area (TPSA) is 55.8 Å². The molecule has 0 saturated carbocycles. The van der Waals surface area contributed by atoms with Crippen LogP contribution in [-0.4, -0.2) is 24.0 Å². The molecule has 0 bridgehead atoms. The highest BCUT2D eigenvalue weighted by molar-refractivity contribution is 5.79. The van der Waals surface area contributed by atoms with Gasteiger partial charge in [0.1, 0.15) is 18.1 Å². The summed E-state index contributed by atoms with van der Waals surface area (Å²) in [6, 6.07) is 4.78. The molecule has 98 valence electrons. The molecule has 0 saturated heterocycles. The van der Waals surface area contributed by atoms with Crippen molar-refractivity contribution in [3.05, 3.63) is 36.4 Å². The predicted octanol–water partition coefficient (Wildman–Crippen LogP) is 2.60. The van der Waals surface area contributed by atoms with E-state index < -0.39 is 12.3 Å². The van der Waals surface area contributed by atoms with Gasteiger partial charge in [0.05, 0.1) is 0 Å². The normalized spacial score (nSPS) is 11.5. The maximum absolute atomic E-state index is 11.8. The highest BCUT2D eigenvalue weighted by atomic mass is 19.4. The molecular weight excluding hydrogens is 253 g/mol. The first-order chi connectivity index (χ1) is 8.37. The molecular formula is C11H9F3O4. The smallest absolute Gasteiger partial charge is 0.490 e. The summed E-state index contributed by atoms with van der Waals surface area (Å²) < 4.78 is 44.3. The third-order valence-electron chi connectivity index (χ3n) is 1.66. The van der Waals surface area contributed by atoms with E-state index in [4.69, 9.17) is 9.84 Å². The van der Waals surface area contributed by atoms with Crippen LogP contribution < -0.4 is 9.47 Å². The van der Waals surface area contributed by atoms with Crippen molar-refractivity contribution in [2.75, 3.05) is 6.61 Å². The summed E-state index contributed by atoms with van der Waals surface area (Å²) in [6.07, 6.45) is -2.56. The van der Waals surface area contributed by atoms with Crippen LogP contribution in [0.5, 0.6) is 11.5 Å². The van der Waals surface area contributed by atoms with Gasteiger partial charge in [-0.15, -0.1) is 13.2 Å². The lowest BCUT2D eigenvalue weighted by atomic mass is 10.3. The van der Waals surface area contributed by atoms with Crippen LogP contribution >= 0.6 is 0 Å². The minimum atomic E-state index is -4.73. The number of carbonyl (C=O) groups is 1. The van der Waals surface area contributed by atoms with Crippen molar-refractivity contribution in [3.63, 3.8) is 0 Å². The van der Waals surface area contributed by atoms with Gasteiger partial charge in [-0.25, -0.2) is 4.79 Å². The lowest BCUT2D eigenvalue weighted by Crippen LogP contribution is -2.16. The fraction of sp³-hybridized carbons (Fsp3) is 0.182. The number of halogens is 3.